The lowest BCUT2D eigenvalue weighted by molar-refractivity contribution is -0.137. The number of benzene rings is 1. The van der Waals surface area contributed by atoms with Crippen LogP contribution in [0.2, 0.25) is 0 Å². The fourth-order valence-corrected chi connectivity index (χ4v) is 2.58. The van der Waals surface area contributed by atoms with Gasteiger partial charge in [-0.2, -0.15) is 18.3 Å². The summed E-state index contributed by atoms with van der Waals surface area (Å²) in [5.41, 5.74) is 0.662. The third kappa shape index (κ3) is 4.16. The van der Waals surface area contributed by atoms with Crippen molar-refractivity contribution in [2.45, 2.75) is 26.1 Å². The number of pyridine rings is 1. The molecule has 140 valence electrons. The molecule has 0 amide bonds. The molecule has 0 aliphatic rings. The predicted molar refractivity (Wildman–Crippen MR) is 91.3 cm³/mol. The summed E-state index contributed by atoms with van der Waals surface area (Å²) in [6.45, 7) is 1.75. The highest BCUT2D eigenvalue weighted by Crippen LogP contribution is 2.29. The normalized spacial score (nSPS) is 11.4. The van der Waals surface area contributed by atoms with Gasteiger partial charge in [-0.3, -0.25) is 0 Å². The van der Waals surface area contributed by atoms with Crippen molar-refractivity contribution in [1.82, 2.24) is 14.8 Å². The van der Waals surface area contributed by atoms with Crippen molar-refractivity contribution in [2.75, 3.05) is 0 Å². The number of rotatable bonds is 5. The number of carbonyl (C=O) groups excluding carboxylic acids is 1. The van der Waals surface area contributed by atoms with Crippen molar-refractivity contribution in [3.8, 4) is 5.82 Å². The summed E-state index contributed by atoms with van der Waals surface area (Å²) < 4.78 is 44.5. The molecule has 1 aromatic carbocycles. The fourth-order valence-electron chi connectivity index (χ4n) is 2.58. The average Bonchev–Trinajstić information content (AvgIpc) is 3.10. The van der Waals surface area contributed by atoms with Crippen LogP contribution in [0.1, 0.15) is 34.1 Å². The zero-order chi connectivity index (χ0) is 19.4. The van der Waals surface area contributed by atoms with E-state index in [-0.39, 0.29) is 6.61 Å². The summed E-state index contributed by atoms with van der Waals surface area (Å²) in [6, 6.07) is 9.84. The van der Waals surface area contributed by atoms with E-state index in [1.165, 1.54) is 18.3 Å². The summed E-state index contributed by atoms with van der Waals surface area (Å²) in [5.74, 6) is -0.00920. The van der Waals surface area contributed by atoms with Gasteiger partial charge in [-0.15, -0.1) is 0 Å². The van der Waals surface area contributed by atoms with Crippen LogP contribution in [0.15, 0.2) is 54.9 Å². The zero-order valence-corrected chi connectivity index (χ0v) is 14.4. The molecule has 0 bridgehead atoms. The Bertz CT molecular complexity index is 920. The Kier molecular flexibility index (Phi) is 5.25. The zero-order valence-electron chi connectivity index (χ0n) is 14.4. The topological polar surface area (TPSA) is 57.0 Å². The highest BCUT2D eigenvalue weighted by Gasteiger charge is 2.30. The maximum absolute atomic E-state index is 12.6. The van der Waals surface area contributed by atoms with E-state index in [0.717, 1.165) is 12.1 Å². The third-order valence-electron chi connectivity index (χ3n) is 3.94. The van der Waals surface area contributed by atoms with E-state index in [1.807, 2.05) is 13.0 Å². The minimum Gasteiger partial charge on any atom is -0.457 e. The number of alkyl halides is 3. The minimum atomic E-state index is -4.40. The molecule has 0 fully saturated rings. The van der Waals surface area contributed by atoms with Crippen molar-refractivity contribution in [3.05, 3.63) is 77.2 Å². The lowest BCUT2D eigenvalue weighted by Crippen LogP contribution is -2.10. The molecule has 0 aliphatic carbocycles. The number of esters is 1. The average molecular weight is 375 g/mol. The van der Waals surface area contributed by atoms with Crippen molar-refractivity contribution < 1.29 is 22.7 Å². The van der Waals surface area contributed by atoms with E-state index in [2.05, 4.69) is 10.1 Å². The number of nitrogens with zero attached hydrogens (tertiary/aromatic N) is 3. The number of halogens is 3. The first-order chi connectivity index (χ1) is 12.9. The second kappa shape index (κ2) is 7.61. The molecule has 0 saturated carbocycles. The maximum Gasteiger partial charge on any atom is 0.416 e. The Morgan fingerprint density at radius 2 is 1.89 bits per heavy atom. The molecule has 0 aliphatic heterocycles. The molecule has 5 nitrogen and oxygen atoms in total. The number of aromatic nitrogens is 3. The first-order valence-corrected chi connectivity index (χ1v) is 8.21. The van der Waals surface area contributed by atoms with Gasteiger partial charge in [0.2, 0.25) is 0 Å². The van der Waals surface area contributed by atoms with Crippen molar-refractivity contribution >= 4 is 5.97 Å². The Morgan fingerprint density at radius 1 is 1.15 bits per heavy atom. The number of carbonyl (C=O) groups is 1. The van der Waals surface area contributed by atoms with Gasteiger partial charge in [-0.05, 0) is 36.2 Å². The van der Waals surface area contributed by atoms with Gasteiger partial charge < -0.3 is 4.74 Å². The summed E-state index contributed by atoms with van der Waals surface area (Å²) >= 11 is 0. The standard InChI is InChI=1S/C19H16F3N3O2/c1-2-16-15(11-24-25(16)17-5-3-4-10-23-17)18(26)27-12-13-6-8-14(9-7-13)19(20,21)22/h3-11H,2,12H2,1H3. The fraction of sp³-hybridized carbons (Fsp3) is 0.211. The minimum absolute atomic E-state index is 0.130. The number of hydrogen-bond acceptors (Lipinski definition) is 4. The van der Waals surface area contributed by atoms with E-state index in [1.54, 1.807) is 23.0 Å². The van der Waals surface area contributed by atoms with Gasteiger partial charge in [0, 0.05) is 6.20 Å². The second-order valence-corrected chi connectivity index (χ2v) is 5.73. The van der Waals surface area contributed by atoms with E-state index in [4.69, 9.17) is 4.74 Å². The molecule has 0 unspecified atom stereocenters. The highest BCUT2D eigenvalue weighted by molar-refractivity contribution is 5.90. The lowest BCUT2D eigenvalue weighted by atomic mass is 10.1. The van der Waals surface area contributed by atoms with Crippen LogP contribution < -0.4 is 0 Å². The van der Waals surface area contributed by atoms with E-state index in [9.17, 15) is 18.0 Å². The first-order valence-electron chi connectivity index (χ1n) is 8.21. The van der Waals surface area contributed by atoms with E-state index < -0.39 is 17.7 Å². The Morgan fingerprint density at radius 3 is 2.48 bits per heavy atom. The summed E-state index contributed by atoms with van der Waals surface area (Å²) in [6.07, 6.45) is -0.839. The summed E-state index contributed by atoms with van der Waals surface area (Å²) in [5, 5.41) is 4.20. The van der Waals surface area contributed by atoms with Crippen LogP contribution in [-0.2, 0) is 23.9 Å². The summed E-state index contributed by atoms with van der Waals surface area (Å²) in [7, 11) is 0. The molecule has 0 N–H and O–H groups in total. The molecule has 0 radical (unpaired) electrons. The molecular weight excluding hydrogens is 359 g/mol. The quantitative estimate of drug-likeness (QED) is 0.627. The Balaban J connectivity index is 1.72. The predicted octanol–water partition coefficient (Wildman–Crippen LogP) is 4.21. The summed E-state index contributed by atoms with van der Waals surface area (Å²) in [4.78, 5) is 16.6. The van der Waals surface area contributed by atoms with Crippen LogP contribution in [0.25, 0.3) is 5.82 Å². The van der Waals surface area contributed by atoms with Gasteiger partial charge in [0.15, 0.2) is 5.82 Å². The van der Waals surface area contributed by atoms with Gasteiger partial charge in [0.25, 0.3) is 0 Å². The van der Waals surface area contributed by atoms with Crippen LogP contribution in [-0.4, -0.2) is 20.7 Å². The van der Waals surface area contributed by atoms with Gasteiger partial charge in [0.1, 0.15) is 12.2 Å². The van der Waals surface area contributed by atoms with Gasteiger partial charge >= 0.3 is 12.1 Å². The van der Waals surface area contributed by atoms with Crippen LogP contribution in [0, 0.1) is 0 Å². The molecule has 27 heavy (non-hydrogen) atoms. The van der Waals surface area contributed by atoms with Gasteiger partial charge in [-0.1, -0.05) is 25.1 Å². The molecular formula is C19H16F3N3O2. The molecule has 0 spiro atoms. The van der Waals surface area contributed by atoms with Gasteiger partial charge in [0.05, 0.1) is 17.5 Å². The smallest absolute Gasteiger partial charge is 0.416 e. The molecule has 8 heteroatoms. The monoisotopic (exact) mass is 375 g/mol. The molecule has 2 heterocycles. The Hall–Kier alpha value is -3.16. The molecule has 0 saturated heterocycles. The number of ether oxygens (including phenoxy) is 1. The van der Waals surface area contributed by atoms with Crippen molar-refractivity contribution in [3.63, 3.8) is 0 Å². The Labute approximate surface area is 153 Å². The van der Waals surface area contributed by atoms with Crippen molar-refractivity contribution in [1.29, 1.82) is 0 Å². The maximum atomic E-state index is 12.6. The molecule has 0 atom stereocenters. The molecule has 2 aromatic heterocycles. The SMILES string of the molecule is CCc1c(C(=O)OCc2ccc(C(F)(F)F)cc2)cnn1-c1ccccn1. The first kappa shape index (κ1) is 18.6. The lowest BCUT2D eigenvalue weighted by Gasteiger charge is -2.09. The number of hydrogen-bond donors (Lipinski definition) is 0. The van der Waals surface area contributed by atoms with Crippen LogP contribution in [0.4, 0.5) is 13.2 Å². The van der Waals surface area contributed by atoms with E-state index in [0.29, 0.717) is 29.1 Å². The molecule has 3 rings (SSSR count). The van der Waals surface area contributed by atoms with Gasteiger partial charge in [-0.25, -0.2) is 14.5 Å². The van der Waals surface area contributed by atoms with Crippen LogP contribution >= 0.6 is 0 Å². The highest BCUT2D eigenvalue weighted by atomic mass is 19.4. The largest absolute Gasteiger partial charge is 0.457 e. The van der Waals surface area contributed by atoms with Crippen molar-refractivity contribution in [2.24, 2.45) is 0 Å². The van der Waals surface area contributed by atoms with Crippen LogP contribution in [0.5, 0.6) is 0 Å². The van der Waals surface area contributed by atoms with Crippen LogP contribution in [0.3, 0.4) is 0 Å². The third-order valence-corrected chi connectivity index (χ3v) is 3.94. The second-order valence-electron chi connectivity index (χ2n) is 5.73. The molecule has 3 aromatic rings. The van der Waals surface area contributed by atoms with E-state index >= 15 is 0 Å².